The predicted octanol–water partition coefficient (Wildman–Crippen LogP) is 3.57. The van der Waals surface area contributed by atoms with Gasteiger partial charge in [0.2, 0.25) is 0 Å². The molecule has 0 aromatic heterocycles. The molecule has 0 aliphatic rings. The topological polar surface area (TPSA) is 20.2 Å². The van der Waals surface area contributed by atoms with E-state index in [1.165, 1.54) is 0 Å². The monoisotopic (exact) mass is 232 g/mol. The third-order valence-electron chi connectivity index (χ3n) is 2.85. The molecule has 0 amide bonds. The summed E-state index contributed by atoms with van der Waals surface area (Å²) in [4.78, 5) is 0. The number of benzene rings is 1. The lowest BCUT2D eigenvalue weighted by Gasteiger charge is -2.20. The Morgan fingerprint density at radius 3 is 2.00 bits per heavy atom. The van der Waals surface area contributed by atoms with Gasteiger partial charge in [-0.3, -0.25) is 0 Å². The maximum absolute atomic E-state index is 13.3. The van der Waals surface area contributed by atoms with E-state index in [9.17, 15) is 18.3 Å². The Morgan fingerprint density at radius 2 is 1.50 bits per heavy atom. The van der Waals surface area contributed by atoms with Gasteiger partial charge in [-0.05, 0) is 12.0 Å². The van der Waals surface area contributed by atoms with Gasteiger partial charge < -0.3 is 5.11 Å². The Balaban J connectivity index is 3.07. The standard InChI is InChI=1S/C12H15F3O/c1-3-7(4-2)12(16)8-5-10(14)11(15)6-9(8)13/h5-7,12,16H,3-4H2,1-2H3. The fourth-order valence-corrected chi connectivity index (χ4v) is 1.75. The number of aliphatic hydroxyl groups is 1. The maximum atomic E-state index is 13.3. The summed E-state index contributed by atoms with van der Waals surface area (Å²) in [5.41, 5.74) is -0.174. The van der Waals surface area contributed by atoms with Gasteiger partial charge in [-0.15, -0.1) is 0 Å². The van der Waals surface area contributed by atoms with Crippen LogP contribution < -0.4 is 0 Å². The smallest absolute Gasteiger partial charge is 0.161 e. The van der Waals surface area contributed by atoms with Crippen LogP contribution in [0.3, 0.4) is 0 Å². The molecule has 1 nitrogen and oxygen atoms in total. The highest BCUT2D eigenvalue weighted by Gasteiger charge is 2.22. The van der Waals surface area contributed by atoms with E-state index in [4.69, 9.17) is 0 Å². The number of aliphatic hydroxyl groups excluding tert-OH is 1. The summed E-state index contributed by atoms with van der Waals surface area (Å²) < 4.78 is 39.0. The van der Waals surface area contributed by atoms with Gasteiger partial charge >= 0.3 is 0 Å². The van der Waals surface area contributed by atoms with E-state index in [1.807, 2.05) is 13.8 Å². The summed E-state index contributed by atoms with van der Waals surface area (Å²) in [7, 11) is 0. The highest BCUT2D eigenvalue weighted by Crippen LogP contribution is 2.29. The van der Waals surface area contributed by atoms with E-state index < -0.39 is 23.6 Å². The molecule has 0 fully saturated rings. The molecule has 1 N–H and O–H groups in total. The molecule has 0 saturated carbocycles. The third kappa shape index (κ3) is 2.55. The van der Waals surface area contributed by atoms with Crippen molar-refractivity contribution in [2.75, 3.05) is 0 Å². The normalized spacial score (nSPS) is 13.2. The average Bonchev–Trinajstić information content (AvgIpc) is 2.25. The van der Waals surface area contributed by atoms with Crippen molar-refractivity contribution in [2.45, 2.75) is 32.8 Å². The number of halogens is 3. The number of hydrogen-bond acceptors (Lipinski definition) is 1. The van der Waals surface area contributed by atoms with E-state index in [-0.39, 0.29) is 11.5 Å². The van der Waals surface area contributed by atoms with E-state index in [2.05, 4.69) is 0 Å². The second-order valence-corrected chi connectivity index (χ2v) is 3.81. The van der Waals surface area contributed by atoms with Crippen LogP contribution in [-0.2, 0) is 0 Å². The van der Waals surface area contributed by atoms with Gasteiger partial charge in [0.05, 0.1) is 6.10 Å². The number of rotatable bonds is 4. The molecule has 0 aliphatic carbocycles. The van der Waals surface area contributed by atoms with Crippen molar-refractivity contribution in [3.8, 4) is 0 Å². The van der Waals surface area contributed by atoms with Gasteiger partial charge in [-0.25, -0.2) is 13.2 Å². The largest absolute Gasteiger partial charge is 0.388 e. The highest BCUT2D eigenvalue weighted by atomic mass is 19.2. The van der Waals surface area contributed by atoms with Gasteiger partial charge in [-0.2, -0.15) is 0 Å². The second-order valence-electron chi connectivity index (χ2n) is 3.81. The fraction of sp³-hybridized carbons (Fsp3) is 0.500. The van der Waals surface area contributed by atoms with Crippen molar-refractivity contribution < 1.29 is 18.3 Å². The van der Waals surface area contributed by atoms with Crippen molar-refractivity contribution in [1.82, 2.24) is 0 Å². The van der Waals surface area contributed by atoms with Crippen LogP contribution in [0.1, 0.15) is 38.4 Å². The first-order valence-corrected chi connectivity index (χ1v) is 5.33. The maximum Gasteiger partial charge on any atom is 0.161 e. The zero-order valence-electron chi connectivity index (χ0n) is 9.30. The highest BCUT2D eigenvalue weighted by molar-refractivity contribution is 5.22. The van der Waals surface area contributed by atoms with E-state index in [0.717, 1.165) is 6.07 Å². The minimum absolute atomic E-state index is 0.153. The summed E-state index contributed by atoms with van der Waals surface area (Å²) in [6, 6.07) is 1.20. The molecule has 0 bridgehead atoms. The van der Waals surface area contributed by atoms with Gasteiger partial charge in [-0.1, -0.05) is 26.7 Å². The number of hydrogen-bond donors (Lipinski definition) is 1. The molecule has 16 heavy (non-hydrogen) atoms. The molecular weight excluding hydrogens is 217 g/mol. The van der Waals surface area contributed by atoms with Crippen molar-refractivity contribution in [3.05, 3.63) is 35.1 Å². The van der Waals surface area contributed by atoms with Crippen LogP contribution in [0.2, 0.25) is 0 Å². The Bertz CT molecular complexity index is 362. The lowest BCUT2D eigenvalue weighted by atomic mass is 9.91. The lowest BCUT2D eigenvalue weighted by Crippen LogP contribution is -2.13. The molecule has 1 rings (SSSR count). The molecule has 1 atom stereocenters. The Morgan fingerprint density at radius 1 is 1.00 bits per heavy atom. The SMILES string of the molecule is CCC(CC)C(O)c1cc(F)c(F)cc1F. The summed E-state index contributed by atoms with van der Waals surface area (Å²) >= 11 is 0. The molecular formula is C12H15F3O. The van der Waals surface area contributed by atoms with Crippen molar-refractivity contribution in [2.24, 2.45) is 5.92 Å². The zero-order valence-corrected chi connectivity index (χ0v) is 9.30. The van der Waals surface area contributed by atoms with Crippen LogP contribution in [0.25, 0.3) is 0 Å². The van der Waals surface area contributed by atoms with Crippen molar-refractivity contribution >= 4 is 0 Å². The molecule has 4 heteroatoms. The van der Waals surface area contributed by atoms with Gasteiger partial charge in [0, 0.05) is 11.6 Å². The molecule has 0 saturated heterocycles. The minimum Gasteiger partial charge on any atom is -0.388 e. The Kier molecular flexibility index (Phi) is 4.35. The molecule has 90 valence electrons. The molecule has 0 radical (unpaired) electrons. The molecule has 0 spiro atoms. The van der Waals surface area contributed by atoms with Crippen LogP contribution in [-0.4, -0.2) is 5.11 Å². The Hall–Kier alpha value is -1.03. The van der Waals surface area contributed by atoms with Crippen LogP contribution in [0.4, 0.5) is 13.2 Å². The van der Waals surface area contributed by atoms with Gasteiger partial charge in [0.25, 0.3) is 0 Å². The molecule has 1 aromatic rings. The summed E-state index contributed by atoms with van der Waals surface area (Å²) in [5.74, 6) is -3.43. The predicted molar refractivity (Wildman–Crippen MR) is 55.3 cm³/mol. The summed E-state index contributed by atoms with van der Waals surface area (Å²) in [5, 5.41) is 9.85. The molecule has 1 aromatic carbocycles. The van der Waals surface area contributed by atoms with E-state index in [0.29, 0.717) is 18.9 Å². The lowest BCUT2D eigenvalue weighted by molar-refractivity contribution is 0.0990. The van der Waals surface area contributed by atoms with Crippen LogP contribution in [0.5, 0.6) is 0 Å². The van der Waals surface area contributed by atoms with Crippen LogP contribution in [0, 0.1) is 23.4 Å². The first-order chi connectivity index (χ1) is 7.51. The average molecular weight is 232 g/mol. The van der Waals surface area contributed by atoms with E-state index >= 15 is 0 Å². The zero-order chi connectivity index (χ0) is 12.3. The molecule has 0 heterocycles. The molecule has 0 aliphatic heterocycles. The Labute approximate surface area is 92.9 Å². The fourth-order valence-electron chi connectivity index (χ4n) is 1.75. The van der Waals surface area contributed by atoms with Gasteiger partial charge in [0.15, 0.2) is 11.6 Å². The quantitative estimate of drug-likeness (QED) is 0.787. The molecule has 1 unspecified atom stereocenters. The van der Waals surface area contributed by atoms with Crippen molar-refractivity contribution in [1.29, 1.82) is 0 Å². The minimum atomic E-state index is -1.24. The first kappa shape index (κ1) is 13.0. The van der Waals surface area contributed by atoms with Crippen LogP contribution >= 0.6 is 0 Å². The second kappa shape index (κ2) is 5.34. The first-order valence-electron chi connectivity index (χ1n) is 5.33. The third-order valence-corrected chi connectivity index (χ3v) is 2.85. The van der Waals surface area contributed by atoms with Crippen LogP contribution in [0.15, 0.2) is 12.1 Å². The summed E-state index contributed by atoms with van der Waals surface area (Å²) in [6.07, 6.45) is 0.205. The van der Waals surface area contributed by atoms with Gasteiger partial charge in [0.1, 0.15) is 5.82 Å². The van der Waals surface area contributed by atoms with Crippen molar-refractivity contribution in [3.63, 3.8) is 0 Å². The summed E-state index contributed by atoms with van der Waals surface area (Å²) in [6.45, 7) is 3.71. The van der Waals surface area contributed by atoms with E-state index in [1.54, 1.807) is 0 Å².